The van der Waals surface area contributed by atoms with Gasteiger partial charge in [0, 0.05) is 13.0 Å². The third-order valence-corrected chi connectivity index (χ3v) is 1.32. The van der Waals surface area contributed by atoms with Gasteiger partial charge in [0.1, 0.15) is 0 Å². The molecular weight excluding hydrogens is 164 g/mol. The van der Waals surface area contributed by atoms with Crippen molar-refractivity contribution in [2.45, 2.75) is 25.6 Å². The quantitative estimate of drug-likeness (QED) is 0.496. The summed E-state index contributed by atoms with van der Waals surface area (Å²) in [6, 6.07) is 0. The van der Waals surface area contributed by atoms with Crippen LogP contribution in [0.4, 0.5) is 0 Å². The molecule has 0 spiro atoms. The van der Waals surface area contributed by atoms with Crippen molar-refractivity contribution in [1.82, 2.24) is 0 Å². The fourth-order valence-electron chi connectivity index (χ4n) is 0.690. The number of aliphatic hydroxyl groups excluding tert-OH is 2. The summed E-state index contributed by atoms with van der Waals surface area (Å²) in [6.07, 6.45) is -1.51. The number of carboxylic acid groups (broad SMARTS) is 1. The maximum Gasteiger partial charge on any atom is 0.332 e. The van der Waals surface area contributed by atoms with E-state index in [0.29, 0.717) is 0 Å². The van der Waals surface area contributed by atoms with Gasteiger partial charge in [-0.1, -0.05) is 0 Å². The average Bonchev–Trinajstić information content (AvgIpc) is 2.03. The first-order valence-electron chi connectivity index (χ1n) is 3.71. The molecule has 0 saturated heterocycles. The van der Waals surface area contributed by atoms with Crippen LogP contribution in [0.5, 0.6) is 0 Å². The first-order chi connectivity index (χ1) is 5.61. The molecular formula is C7H14O5. The van der Waals surface area contributed by atoms with Gasteiger partial charge in [-0.25, -0.2) is 4.79 Å². The van der Waals surface area contributed by atoms with Crippen molar-refractivity contribution in [3.8, 4) is 0 Å². The summed E-state index contributed by atoms with van der Waals surface area (Å²) in [6.45, 7) is 1.09. The van der Waals surface area contributed by atoms with E-state index in [-0.39, 0.29) is 19.6 Å². The third-order valence-electron chi connectivity index (χ3n) is 1.32. The lowest BCUT2D eigenvalue weighted by molar-refractivity contribution is -0.156. The van der Waals surface area contributed by atoms with Gasteiger partial charge in [0.25, 0.3) is 0 Å². The van der Waals surface area contributed by atoms with Crippen LogP contribution in [0.1, 0.15) is 13.3 Å². The smallest absolute Gasteiger partial charge is 0.332 e. The molecule has 5 heteroatoms. The number of ether oxygens (including phenoxy) is 1. The summed E-state index contributed by atoms with van der Waals surface area (Å²) in [5, 5.41) is 25.5. The molecule has 0 heterocycles. The molecule has 0 aromatic carbocycles. The van der Waals surface area contributed by atoms with Crippen LogP contribution < -0.4 is 0 Å². The zero-order valence-corrected chi connectivity index (χ0v) is 6.93. The molecule has 2 atom stereocenters. The molecule has 0 saturated carbocycles. The van der Waals surface area contributed by atoms with E-state index in [2.05, 4.69) is 0 Å². The van der Waals surface area contributed by atoms with Gasteiger partial charge >= 0.3 is 5.97 Å². The number of aliphatic hydroxyl groups is 2. The second kappa shape index (κ2) is 5.93. The highest BCUT2D eigenvalue weighted by Crippen LogP contribution is 2.02. The van der Waals surface area contributed by atoms with Crippen LogP contribution in [-0.2, 0) is 9.53 Å². The predicted molar refractivity (Wildman–Crippen MR) is 40.8 cm³/mol. The highest BCUT2D eigenvalue weighted by atomic mass is 16.5. The van der Waals surface area contributed by atoms with Gasteiger partial charge in [0.15, 0.2) is 6.10 Å². The molecule has 0 aromatic heterocycles. The van der Waals surface area contributed by atoms with E-state index in [1.54, 1.807) is 6.92 Å². The minimum absolute atomic E-state index is 0.0413. The Hall–Kier alpha value is -0.650. The number of carboxylic acids is 1. The van der Waals surface area contributed by atoms with Crippen molar-refractivity contribution in [1.29, 1.82) is 0 Å². The molecule has 0 fully saturated rings. The molecule has 3 N–H and O–H groups in total. The van der Waals surface area contributed by atoms with Gasteiger partial charge in [-0.3, -0.25) is 0 Å². The van der Waals surface area contributed by atoms with Gasteiger partial charge in [-0.2, -0.15) is 0 Å². The normalized spacial score (nSPS) is 15.6. The summed E-state index contributed by atoms with van der Waals surface area (Å²) < 4.78 is 4.89. The van der Waals surface area contributed by atoms with Crippen LogP contribution in [0.15, 0.2) is 0 Å². The van der Waals surface area contributed by atoms with Gasteiger partial charge < -0.3 is 20.1 Å². The second-order valence-corrected chi connectivity index (χ2v) is 2.47. The number of carbonyl (C=O) groups is 1. The molecule has 0 bridgehead atoms. The van der Waals surface area contributed by atoms with Crippen molar-refractivity contribution in [3.05, 3.63) is 0 Å². The molecule has 0 aliphatic heterocycles. The fourth-order valence-corrected chi connectivity index (χ4v) is 0.690. The summed E-state index contributed by atoms with van der Waals surface area (Å²) in [5.41, 5.74) is 0. The number of hydrogen-bond acceptors (Lipinski definition) is 4. The highest BCUT2D eigenvalue weighted by Gasteiger charge is 2.19. The van der Waals surface area contributed by atoms with E-state index in [9.17, 15) is 4.79 Å². The van der Waals surface area contributed by atoms with Gasteiger partial charge in [0.05, 0.1) is 12.7 Å². The highest BCUT2D eigenvalue weighted by molar-refractivity contribution is 5.72. The SMILES string of the molecule is CC(CO)OC(CCO)C(=O)O. The molecule has 2 unspecified atom stereocenters. The van der Waals surface area contributed by atoms with E-state index in [0.717, 1.165) is 0 Å². The minimum atomic E-state index is -1.12. The molecule has 0 aliphatic rings. The number of aliphatic carboxylic acids is 1. The van der Waals surface area contributed by atoms with Crippen molar-refractivity contribution in [2.24, 2.45) is 0 Å². The third kappa shape index (κ3) is 4.27. The van der Waals surface area contributed by atoms with Gasteiger partial charge in [0.2, 0.25) is 0 Å². The standard InChI is InChI=1S/C7H14O5/c1-5(4-9)12-6(2-3-8)7(10)11/h5-6,8-9H,2-4H2,1H3,(H,10,11). The number of rotatable bonds is 6. The van der Waals surface area contributed by atoms with Crippen LogP contribution in [-0.4, -0.2) is 46.7 Å². The Kier molecular flexibility index (Phi) is 5.61. The average molecular weight is 178 g/mol. The van der Waals surface area contributed by atoms with Crippen molar-refractivity contribution in [3.63, 3.8) is 0 Å². The van der Waals surface area contributed by atoms with Crippen molar-refractivity contribution in [2.75, 3.05) is 13.2 Å². The molecule has 0 aliphatic carbocycles. The van der Waals surface area contributed by atoms with E-state index >= 15 is 0 Å². The van der Waals surface area contributed by atoms with Crippen LogP contribution in [0.25, 0.3) is 0 Å². The zero-order valence-electron chi connectivity index (χ0n) is 6.93. The largest absolute Gasteiger partial charge is 0.479 e. The van der Waals surface area contributed by atoms with Crippen molar-refractivity contribution >= 4 is 5.97 Å². The Morgan fingerprint density at radius 2 is 2.08 bits per heavy atom. The molecule has 0 radical (unpaired) electrons. The Morgan fingerprint density at radius 1 is 1.50 bits per heavy atom. The van der Waals surface area contributed by atoms with Crippen LogP contribution in [0.3, 0.4) is 0 Å². The lowest BCUT2D eigenvalue weighted by Crippen LogP contribution is -2.30. The van der Waals surface area contributed by atoms with Gasteiger partial charge in [-0.15, -0.1) is 0 Å². The molecule has 12 heavy (non-hydrogen) atoms. The summed E-state index contributed by atoms with van der Waals surface area (Å²) in [7, 11) is 0. The fraction of sp³-hybridized carbons (Fsp3) is 0.857. The molecule has 0 amide bonds. The first-order valence-corrected chi connectivity index (χ1v) is 3.71. The number of hydrogen-bond donors (Lipinski definition) is 3. The first kappa shape index (κ1) is 11.4. The van der Waals surface area contributed by atoms with Gasteiger partial charge in [-0.05, 0) is 6.92 Å². The summed E-state index contributed by atoms with van der Waals surface area (Å²) in [5.74, 6) is -1.12. The molecule has 5 nitrogen and oxygen atoms in total. The Balaban J connectivity index is 3.86. The zero-order chi connectivity index (χ0) is 9.56. The molecule has 72 valence electrons. The summed E-state index contributed by atoms with van der Waals surface area (Å²) >= 11 is 0. The van der Waals surface area contributed by atoms with Crippen LogP contribution >= 0.6 is 0 Å². The lowest BCUT2D eigenvalue weighted by atomic mass is 10.2. The van der Waals surface area contributed by atoms with E-state index in [1.807, 2.05) is 0 Å². The van der Waals surface area contributed by atoms with Crippen molar-refractivity contribution < 1.29 is 24.9 Å². The lowest BCUT2D eigenvalue weighted by Gasteiger charge is -2.16. The maximum atomic E-state index is 10.4. The maximum absolute atomic E-state index is 10.4. The Morgan fingerprint density at radius 3 is 2.42 bits per heavy atom. The van der Waals surface area contributed by atoms with E-state index in [1.165, 1.54) is 0 Å². The summed E-state index contributed by atoms with van der Waals surface area (Å²) in [4.78, 5) is 10.4. The predicted octanol–water partition coefficient (Wildman–Crippen LogP) is -0.781. The van der Waals surface area contributed by atoms with E-state index < -0.39 is 18.2 Å². The van der Waals surface area contributed by atoms with Crippen LogP contribution in [0, 0.1) is 0 Å². The topological polar surface area (TPSA) is 87.0 Å². The monoisotopic (exact) mass is 178 g/mol. The molecule has 0 aromatic rings. The Labute approximate surface area is 70.6 Å². The molecule has 0 rings (SSSR count). The van der Waals surface area contributed by atoms with Crippen LogP contribution in [0.2, 0.25) is 0 Å². The second-order valence-electron chi connectivity index (χ2n) is 2.47. The van der Waals surface area contributed by atoms with E-state index in [4.69, 9.17) is 20.1 Å². The Bertz CT molecular complexity index is 136. The minimum Gasteiger partial charge on any atom is -0.479 e.